The first-order chi connectivity index (χ1) is 10.6. The molecular formula is C16H18N4O2. The van der Waals surface area contributed by atoms with Crippen molar-refractivity contribution in [1.82, 2.24) is 20.1 Å². The number of rotatable bonds is 3. The predicted molar refractivity (Wildman–Crippen MR) is 83.2 cm³/mol. The Morgan fingerprint density at radius 1 is 1.41 bits per heavy atom. The highest BCUT2D eigenvalue weighted by Gasteiger charge is 2.32. The van der Waals surface area contributed by atoms with Gasteiger partial charge in [-0.3, -0.25) is 9.78 Å². The van der Waals surface area contributed by atoms with Gasteiger partial charge in [-0.05, 0) is 17.7 Å². The summed E-state index contributed by atoms with van der Waals surface area (Å²) in [4.78, 5) is 31.4. The van der Waals surface area contributed by atoms with E-state index in [0.29, 0.717) is 13.1 Å². The van der Waals surface area contributed by atoms with Gasteiger partial charge in [-0.15, -0.1) is 0 Å². The number of nitrogens with one attached hydrogen (secondary N) is 1. The van der Waals surface area contributed by atoms with E-state index in [9.17, 15) is 9.59 Å². The van der Waals surface area contributed by atoms with Crippen molar-refractivity contribution in [2.24, 2.45) is 0 Å². The Morgan fingerprint density at radius 3 is 2.95 bits per heavy atom. The first kappa shape index (κ1) is 14.3. The molecule has 0 aliphatic carbocycles. The van der Waals surface area contributed by atoms with Crippen LogP contribution in [0.1, 0.15) is 5.56 Å². The normalized spacial score (nSPS) is 17.6. The Kier molecular flexibility index (Phi) is 3.66. The number of likely N-dealkylation sites (N-methyl/N-ethyl adjacent to an activating group) is 2. The average molecular weight is 298 g/mol. The third-order valence-corrected chi connectivity index (χ3v) is 3.92. The number of carbonyl (C=O) groups is 2. The minimum absolute atomic E-state index is 0.0846. The summed E-state index contributed by atoms with van der Waals surface area (Å²) in [5.74, 6) is -0.0846. The lowest BCUT2D eigenvalue weighted by molar-refractivity contribution is -0.132. The van der Waals surface area contributed by atoms with Crippen LogP contribution >= 0.6 is 0 Å². The first-order valence-corrected chi connectivity index (χ1v) is 7.15. The molecule has 1 unspecified atom stereocenters. The Bertz CT molecular complexity index is 726. The molecule has 22 heavy (non-hydrogen) atoms. The number of pyridine rings is 1. The minimum Gasteiger partial charge on any atom is -0.340 e. The minimum atomic E-state index is -0.476. The van der Waals surface area contributed by atoms with E-state index in [1.807, 2.05) is 30.3 Å². The molecule has 0 radical (unpaired) electrons. The molecule has 1 fully saturated rings. The number of aromatic nitrogens is 1. The summed E-state index contributed by atoms with van der Waals surface area (Å²) in [6, 6.07) is 9.09. The second-order valence-corrected chi connectivity index (χ2v) is 5.56. The number of carbonyl (C=O) groups excluding carboxylic acids is 2. The van der Waals surface area contributed by atoms with Crippen LogP contribution in [0.3, 0.4) is 0 Å². The lowest BCUT2D eigenvalue weighted by atomic mass is 10.1. The number of fused-ring (bicyclic) bond motifs is 1. The van der Waals surface area contributed by atoms with Crippen molar-refractivity contribution in [3.8, 4) is 0 Å². The summed E-state index contributed by atoms with van der Waals surface area (Å²) < 4.78 is 0. The van der Waals surface area contributed by atoms with E-state index in [-0.39, 0.29) is 11.9 Å². The summed E-state index contributed by atoms with van der Waals surface area (Å²) in [7, 11) is 3.43. The first-order valence-electron chi connectivity index (χ1n) is 7.15. The van der Waals surface area contributed by atoms with Gasteiger partial charge in [0.05, 0.1) is 12.1 Å². The van der Waals surface area contributed by atoms with Crippen LogP contribution in [-0.2, 0) is 11.3 Å². The van der Waals surface area contributed by atoms with E-state index in [4.69, 9.17) is 0 Å². The summed E-state index contributed by atoms with van der Waals surface area (Å²) >= 11 is 0. The van der Waals surface area contributed by atoms with Crippen molar-refractivity contribution in [3.63, 3.8) is 0 Å². The molecule has 2 aromatic rings. The Hall–Kier alpha value is -2.63. The van der Waals surface area contributed by atoms with Crippen molar-refractivity contribution in [2.45, 2.75) is 12.6 Å². The molecular weight excluding hydrogens is 280 g/mol. The van der Waals surface area contributed by atoms with Crippen LogP contribution in [0.15, 0.2) is 36.5 Å². The van der Waals surface area contributed by atoms with E-state index in [1.54, 1.807) is 25.2 Å². The molecule has 1 aliphatic heterocycles. The van der Waals surface area contributed by atoms with Gasteiger partial charge in [0.15, 0.2) is 0 Å². The number of amides is 3. The van der Waals surface area contributed by atoms with Crippen LogP contribution in [-0.4, -0.2) is 53.4 Å². The maximum atomic E-state index is 12.4. The lowest BCUT2D eigenvalue weighted by Gasteiger charge is -2.21. The molecule has 1 aliphatic rings. The Morgan fingerprint density at radius 2 is 2.23 bits per heavy atom. The second-order valence-electron chi connectivity index (χ2n) is 5.56. The van der Waals surface area contributed by atoms with Gasteiger partial charge in [0.1, 0.15) is 6.04 Å². The topological polar surface area (TPSA) is 65.5 Å². The molecule has 0 bridgehead atoms. The van der Waals surface area contributed by atoms with E-state index >= 15 is 0 Å². The molecule has 1 aromatic carbocycles. The van der Waals surface area contributed by atoms with Crippen molar-refractivity contribution in [3.05, 3.63) is 42.1 Å². The van der Waals surface area contributed by atoms with Crippen LogP contribution in [0.25, 0.3) is 10.9 Å². The van der Waals surface area contributed by atoms with E-state index in [1.165, 1.54) is 4.90 Å². The highest BCUT2D eigenvalue weighted by atomic mass is 16.2. The SMILES string of the molecule is CN1CC(C(=O)N(C)Cc2cccc3ncccc23)NC1=O. The molecule has 1 saturated heterocycles. The maximum absolute atomic E-state index is 12.4. The van der Waals surface area contributed by atoms with Crippen LogP contribution in [0.2, 0.25) is 0 Å². The number of hydrogen-bond acceptors (Lipinski definition) is 3. The van der Waals surface area contributed by atoms with Crippen molar-refractivity contribution < 1.29 is 9.59 Å². The number of urea groups is 1. The van der Waals surface area contributed by atoms with Gasteiger partial charge in [-0.1, -0.05) is 18.2 Å². The average Bonchev–Trinajstić information content (AvgIpc) is 2.86. The fourth-order valence-electron chi connectivity index (χ4n) is 2.71. The summed E-state index contributed by atoms with van der Waals surface area (Å²) in [6.45, 7) is 0.886. The summed E-state index contributed by atoms with van der Waals surface area (Å²) in [6.07, 6.45) is 1.75. The highest BCUT2D eigenvalue weighted by molar-refractivity contribution is 5.90. The number of nitrogens with zero attached hydrogens (tertiary/aromatic N) is 3. The van der Waals surface area contributed by atoms with Crippen molar-refractivity contribution in [1.29, 1.82) is 0 Å². The van der Waals surface area contributed by atoms with Crippen LogP contribution in [0, 0.1) is 0 Å². The van der Waals surface area contributed by atoms with Gasteiger partial charge < -0.3 is 15.1 Å². The van der Waals surface area contributed by atoms with E-state index < -0.39 is 6.04 Å². The largest absolute Gasteiger partial charge is 0.340 e. The van der Waals surface area contributed by atoms with Gasteiger partial charge in [0, 0.05) is 32.2 Å². The van der Waals surface area contributed by atoms with Crippen molar-refractivity contribution >= 4 is 22.8 Å². The summed E-state index contributed by atoms with van der Waals surface area (Å²) in [5.41, 5.74) is 1.95. The third kappa shape index (κ3) is 2.59. The molecule has 3 amide bonds. The summed E-state index contributed by atoms with van der Waals surface area (Å²) in [5, 5.41) is 3.73. The fourth-order valence-corrected chi connectivity index (χ4v) is 2.71. The quantitative estimate of drug-likeness (QED) is 0.926. The lowest BCUT2D eigenvalue weighted by Crippen LogP contribution is -2.43. The molecule has 114 valence electrons. The molecule has 3 rings (SSSR count). The highest BCUT2D eigenvalue weighted by Crippen LogP contribution is 2.18. The number of hydrogen-bond donors (Lipinski definition) is 1. The van der Waals surface area contributed by atoms with E-state index in [0.717, 1.165) is 16.5 Å². The maximum Gasteiger partial charge on any atom is 0.317 e. The van der Waals surface area contributed by atoms with Crippen LogP contribution < -0.4 is 5.32 Å². The molecule has 6 heteroatoms. The number of benzene rings is 1. The third-order valence-electron chi connectivity index (χ3n) is 3.92. The zero-order valence-corrected chi connectivity index (χ0v) is 12.6. The molecule has 1 aromatic heterocycles. The molecule has 1 atom stereocenters. The van der Waals surface area contributed by atoms with Gasteiger partial charge in [-0.25, -0.2) is 4.79 Å². The molecule has 0 spiro atoms. The predicted octanol–water partition coefficient (Wildman–Crippen LogP) is 1.22. The zero-order valence-electron chi connectivity index (χ0n) is 12.6. The van der Waals surface area contributed by atoms with Crippen LogP contribution in [0.4, 0.5) is 4.79 Å². The van der Waals surface area contributed by atoms with Gasteiger partial charge in [-0.2, -0.15) is 0 Å². The molecule has 0 saturated carbocycles. The van der Waals surface area contributed by atoms with Crippen LogP contribution in [0.5, 0.6) is 0 Å². The van der Waals surface area contributed by atoms with E-state index in [2.05, 4.69) is 10.3 Å². The Balaban J connectivity index is 1.77. The standard InChI is InChI=1S/C16H18N4O2/c1-19(15(21)14-10-20(2)16(22)18-14)9-11-5-3-7-13-12(11)6-4-8-17-13/h3-8,14H,9-10H2,1-2H3,(H,18,22). The smallest absolute Gasteiger partial charge is 0.317 e. The van der Waals surface area contributed by atoms with Crippen molar-refractivity contribution in [2.75, 3.05) is 20.6 Å². The monoisotopic (exact) mass is 298 g/mol. The molecule has 2 heterocycles. The molecule has 1 N–H and O–H groups in total. The zero-order chi connectivity index (χ0) is 15.7. The fraction of sp³-hybridized carbons (Fsp3) is 0.312. The van der Waals surface area contributed by atoms with Gasteiger partial charge >= 0.3 is 6.03 Å². The van der Waals surface area contributed by atoms with Gasteiger partial charge in [0.25, 0.3) is 0 Å². The van der Waals surface area contributed by atoms with Gasteiger partial charge in [0.2, 0.25) is 5.91 Å². The molecule has 6 nitrogen and oxygen atoms in total. The second kappa shape index (κ2) is 5.63. The Labute approximate surface area is 128 Å².